The molecule has 0 aliphatic carbocycles. The van der Waals surface area contributed by atoms with E-state index in [0.717, 1.165) is 52.2 Å². The molecule has 2 N–H and O–H groups in total. The van der Waals surface area contributed by atoms with Crippen LogP contribution in [0.3, 0.4) is 0 Å². The van der Waals surface area contributed by atoms with Crippen molar-refractivity contribution in [2.24, 2.45) is 10.9 Å². The summed E-state index contributed by atoms with van der Waals surface area (Å²) in [5, 5.41) is 15.6. The van der Waals surface area contributed by atoms with Gasteiger partial charge in [0, 0.05) is 37.8 Å². The van der Waals surface area contributed by atoms with Crippen molar-refractivity contribution in [1.82, 2.24) is 15.5 Å². The molecule has 1 aromatic rings. The van der Waals surface area contributed by atoms with Gasteiger partial charge in [-0.15, -0.1) is 24.0 Å². The molecule has 0 aromatic heterocycles. The molecular formula is C22H35FIN5O. The first-order valence-corrected chi connectivity index (χ1v) is 10.6. The van der Waals surface area contributed by atoms with Gasteiger partial charge in [0.25, 0.3) is 0 Å². The highest BCUT2D eigenvalue weighted by Gasteiger charge is 2.27. The maximum absolute atomic E-state index is 14.1. The van der Waals surface area contributed by atoms with E-state index < -0.39 is 5.82 Å². The van der Waals surface area contributed by atoms with Crippen LogP contribution in [-0.2, 0) is 11.3 Å². The van der Waals surface area contributed by atoms with Crippen LogP contribution in [-0.4, -0.2) is 56.3 Å². The minimum absolute atomic E-state index is 0. The molecule has 0 amide bonds. The van der Waals surface area contributed by atoms with Gasteiger partial charge in [0.05, 0.1) is 31.4 Å². The largest absolute Gasteiger partial charge is 0.379 e. The zero-order chi connectivity index (χ0) is 21.1. The van der Waals surface area contributed by atoms with E-state index in [1.165, 1.54) is 6.07 Å². The molecular weight excluding hydrogens is 496 g/mol. The van der Waals surface area contributed by atoms with Gasteiger partial charge in [-0.1, -0.05) is 32.8 Å². The van der Waals surface area contributed by atoms with Crippen molar-refractivity contribution in [3.63, 3.8) is 0 Å². The minimum atomic E-state index is -0.396. The number of hydrogen-bond acceptors (Lipinski definition) is 4. The second-order valence-corrected chi connectivity index (χ2v) is 7.29. The van der Waals surface area contributed by atoms with Crippen LogP contribution in [0, 0.1) is 23.1 Å². The number of hydrogen-bond donors (Lipinski definition) is 2. The molecule has 0 bridgehead atoms. The third kappa shape index (κ3) is 8.00. The minimum Gasteiger partial charge on any atom is -0.379 e. The van der Waals surface area contributed by atoms with Crippen LogP contribution in [0.1, 0.15) is 44.7 Å². The van der Waals surface area contributed by atoms with Gasteiger partial charge in [0.2, 0.25) is 0 Å². The summed E-state index contributed by atoms with van der Waals surface area (Å²) in [6, 6.07) is 6.86. The molecule has 8 heteroatoms. The number of nitrogens with zero attached hydrogens (tertiary/aromatic N) is 3. The third-order valence-electron chi connectivity index (χ3n) is 5.52. The maximum Gasteiger partial charge on any atom is 0.191 e. The molecule has 2 rings (SSSR count). The van der Waals surface area contributed by atoms with Gasteiger partial charge in [-0.05, 0) is 25.0 Å². The number of ether oxygens (including phenoxy) is 1. The average Bonchev–Trinajstić information content (AvgIpc) is 2.76. The summed E-state index contributed by atoms with van der Waals surface area (Å²) in [6.07, 6.45) is 2.26. The number of rotatable bonds is 9. The number of benzene rings is 1. The number of nitrogens with one attached hydrogen (secondary N) is 2. The lowest BCUT2D eigenvalue weighted by Crippen LogP contribution is -2.53. The molecule has 1 aromatic carbocycles. The Bertz CT molecular complexity index is 699. The van der Waals surface area contributed by atoms with Gasteiger partial charge >= 0.3 is 0 Å². The monoisotopic (exact) mass is 531 g/mol. The number of guanidine groups is 1. The summed E-state index contributed by atoms with van der Waals surface area (Å²) < 4.78 is 19.7. The van der Waals surface area contributed by atoms with E-state index in [4.69, 9.17) is 10.00 Å². The summed E-state index contributed by atoms with van der Waals surface area (Å²) in [4.78, 5) is 7.07. The first kappa shape index (κ1) is 26.6. The third-order valence-corrected chi connectivity index (χ3v) is 5.52. The Hall–Kier alpha value is -1.44. The Balaban J connectivity index is 0.00000450. The van der Waals surface area contributed by atoms with Gasteiger partial charge in [-0.2, -0.15) is 5.26 Å². The lowest BCUT2D eigenvalue weighted by molar-refractivity contribution is 0.00272. The molecule has 0 spiro atoms. The lowest BCUT2D eigenvalue weighted by atomic mass is 9.92. The standard InChI is InChI=1S/C22H34FN5O.HI/c1-4-18(5-2)21(28-9-11-29-12-10-28)16-27-22(25-6-3)26-15-19-8-7-17(14-24)13-20(19)23;/h7-8,13,18,21H,4-6,9-12,15-16H2,1-3H3,(H2,25,26,27);1H. The van der Waals surface area contributed by atoms with Crippen molar-refractivity contribution >= 4 is 29.9 Å². The van der Waals surface area contributed by atoms with E-state index in [1.54, 1.807) is 12.1 Å². The van der Waals surface area contributed by atoms with E-state index in [9.17, 15) is 4.39 Å². The molecule has 30 heavy (non-hydrogen) atoms. The van der Waals surface area contributed by atoms with E-state index in [-0.39, 0.29) is 30.5 Å². The van der Waals surface area contributed by atoms with Crippen LogP contribution in [0.25, 0.3) is 0 Å². The topological polar surface area (TPSA) is 72.7 Å². The summed E-state index contributed by atoms with van der Waals surface area (Å²) in [5.41, 5.74) is 0.796. The van der Waals surface area contributed by atoms with Gasteiger partial charge < -0.3 is 15.4 Å². The molecule has 1 heterocycles. The molecule has 0 saturated carbocycles. The van der Waals surface area contributed by atoms with Crippen LogP contribution < -0.4 is 10.6 Å². The van der Waals surface area contributed by atoms with E-state index >= 15 is 0 Å². The van der Waals surface area contributed by atoms with Gasteiger partial charge in [-0.25, -0.2) is 9.38 Å². The fraction of sp³-hybridized carbons (Fsp3) is 0.636. The van der Waals surface area contributed by atoms with E-state index in [1.807, 2.05) is 13.0 Å². The summed E-state index contributed by atoms with van der Waals surface area (Å²) >= 11 is 0. The fourth-order valence-electron chi connectivity index (χ4n) is 3.79. The van der Waals surface area contributed by atoms with Gasteiger partial charge in [0.1, 0.15) is 5.82 Å². The Labute approximate surface area is 197 Å². The normalized spacial score (nSPS) is 15.9. The first-order valence-electron chi connectivity index (χ1n) is 10.6. The van der Waals surface area contributed by atoms with Gasteiger partial charge in [0.15, 0.2) is 5.96 Å². The van der Waals surface area contributed by atoms with Crippen molar-refractivity contribution in [2.45, 2.75) is 46.2 Å². The molecule has 6 nitrogen and oxygen atoms in total. The van der Waals surface area contributed by atoms with Crippen molar-refractivity contribution in [1.29, 1.82) is 5.26 Å². The molecule has 1 unspecified atom stereocenters. The zero-order valence-corrected chi connectivity index (χ0v) is 20.6. The average molecular weight is 531 g/mol. The molecule has 1 fully saturated rings. The molecule has 1 aliphatic heterocycles. The predicted molar refractivity (Wildman–Crippen MR) is 130 cm³/mol. The van der Waals surface area contributed by atoms with Crippen LogP contribution in [0.5, 0.6) is 0 Å². The highest BCUT2D eigenvalue weighted by Crippen LogP contribution is 2.19. The van der Waals surface area contributed by atoms with Crippen molar-refractivity contribution in [3.05, 3.63) is 35.1 Å². The quantitative estimate of drug-likeness (QED) is 0.290. The number of nitriles is 1. The second-order valence-electron chi connectivity index (χ2n) is 7.29. The van der Waals surface area contributed by atoms with E-state index in [0.29, 0.717) is 29.0 Å². The smallest absolute Gasteiger partial charge is 0.191 e. The van der Waals surface area contributed by atoms with Gasteiger partial charge in [-0.3, -0.25) is 4.90 Å². The van der Waals surface area contributed by atoms with Crippen molar-refractivity contribution in [2.75, 3.05) is 39.4 Å². The summed E-state index contributed by atoms with van der Waals surface area (Å²) in [5.74, 6) is 0.881. The predicted octanol–water partition coefficient (Wildman–Crippen LogP) is 3.51. The first-order chi connectivity index (χ1) is 14.1. The SMILES string of the molecule is CCNC(=NCc1ccc(C#N)cc1F)NCC(C(CC)CC)N1CCOCC1.I. The van der Waals surface area contributed by atoms with Crippen molar-refractivity contribution in [3.8, 4) is 6.07 Å². The Morgan fingerprint density at radius 3 is 2.50 bits per heavy atom. The zero-order valence-electron chi connectivity index (χ0n) is 18.3. The molecule has 1 saturated heterocycles. The lowest BCUT2D eigenvalue weighted by Gasteiger charge is -2.39. The maximum atomic E-state index is 14.1. The summed E-state index contributed by atoms with van der Waals surface area (Å²) in [6.45, 7) is 11.7. The van der Waals surface area contributed by atoms with Crippen LogP contribution in [0.4, 0.5) is 4.39 Å². The van der Waals surface area contributed by atoms with Crippen LogP contribution in [0.2, 0.25) is 0 Å². The number of halogens is 2. The van der Waals surface area contributed by atoms with E-state index in [2.05, 4.69) is 34.4 Å². The fourth-order valence-corrected chi connectivity index (χ4v) is 3.79. The molecule has 1 atom stereocenters. The highest BCUT2D eigenvalue weighted by molar-refractivity contribution is 14.0. The molecule has 168 valence electrons. The second kappa shape index (κ2) is 14.5. The van der Waals surface area contributed by atoms with Crippen molar-refractivity contribution < 1.29 is 9.13 Å². The van der Waals surface area contributed by atoms with Crippen LogP contribution in [0.15, 0.2) is 23.2 Å². The Kier molecular flexibility index (Phi) is 12.9. The van der Waals surface area contributed by atoms with Crippen LogP contribution >= 0.6 is 24.0 Å². The summed E-state index contributed by atoms with van der Waals surface area (Å²) in [7, 11) is 0. The Morgan fingerprint density at radius 2 is 1.93 bits per heavy atom. The molecule has 0 radical (unpaired) electrons. The number of morpholine rings is 1. The Morgan fingerprint density at radius 1 is 1.23 bits per heavy atom. The highest BCUT2D eigenvalue weighted by atomic mass is 127. The molecule has 1 aliphatic rings. The number of aliphatic imine (C=N–C) groups is 1.